The first-order chi connectivity index (χ1) is 28.7. The summed E-state index contributed by atoms with van der Waals surface area (Å²) >= 11 is 0. The second-order valence-electron chi connectivity index (χ2n) is 14.3. The van der Waals surface area contributed by atoms with Gasteiger partial charge in [-0.25, -0.2) is 15.0 Å². The van der Waals surface area contributed by atoms with E-state index in [1.807, 2.05) is 24.4 Å². The van der Waals surface area contributed by atoms with Crippen LogP contribution in [0.2, 0.25) is 0 Å². The average Bonchev–Trinajstić information content (AvgIpc) is 3.32. The molecule has 8 aromatic carbocycles. The van der Waals surface area contributed by atoms with Crippen molar-refractivity contribution in [3.05, 3.63) is 219 Å². The molecule has 0 fully saturated rings. The average molecular weight is 741 g/mol. The lowest BCUT2D eigenvalue weighted by atomic mass is 9.94. The molecule has 0 N–H and O–H groups in total. The highest BCUT2D eigenvalue weighted by Crippen LogP contribution is 2.36. The van der Waals surface area contributed by atoms with Crippen molar-refractivity contribution < 1.29 is 0 Å². The molecule has 272 valence electrons. The summed E-state index contributed by atoms with van der Waals surface area (Å²) in [5, 5.41) is 2.31. The molecule has 0 amide bonds. The highest BCUT2D eigenvalue weighted by Gasteiger charge is 2.16. The SMILES string of the molecule is c1ccc(-c2cccc(-c3nc(-c4cccc(-c5ccccc5)c4)nc(-c4cc(-c5ccccc5)cc(-c5ccc(-c6nccc7ccccc67)cc5)c4)n3)c2)cc1. The lowest BCUT2D eigenvalue weighted by Gasteiger charge is -2.13. The zero-order valence-corrected chi connectivity index (χ0v) is 31.6. The summed E-state index contributed by atoms with van der Waals surface area (Å²) in [5.41, 5.74) is 13.6. The van der Waals surface area contributed by atoms with Crippen LogP contribution >= 0.6 is 0 Å². The van der Waals surface area contributed by atoms with Crippen molar-refractivity contribution in [2.45, 2.75) is 0 Å². The molecular weight excluding hydrogens is 705 g/mol. The van der Waals surface area contributed by atoms with Crippen molar-refractivity contribution >= 4 is 10.8 Å². The normalized spacial score (nSPS) is 11.1. The Kier molecular flexibility index (Phi) is 9.18. The third-order valence-corrected chi connectivity index (χ3v) is 10.6. The van der Waals surface area contributed by atoms with Crippen molar-refractivity contribution in [2.24, 2.45) is 0 Å². The van der Waals surface area contributed by atoms with Crippen molar-refractivity contribution in [1.29, 1.82) is 0 Å². The molecule has 0 unspecified atom stereocenters. The van der Waals surface area contributed by atoms with Gasteiger partial charge in [-0.1, -0.05) is 176 Å². The van der Waals surface area contributed by atoms with E-state index in [4.69, 9.17) is 19.9 Å². The summed E-state index contributed by atoms with van der Waals surface area (Å²) in [7, 11) is 0. The van der Waals surface area contributed by atoms with Gasteiger partial charge in [0, 0.05) is 33.8 Å². The van der Waals surface area contributed by atoms with Gasteiger partial charge in [0.05, 0.1) is 5.69 Å². The maximum Gasteiger partial charge on any atom is 0.164 e. The van der Waals surface area contributed by atoms with Crippen LogP contribution in [0.15, 0.2) is 219 Å². The molecule has 0 bridgehead atoms. The lowest BCUT2D eigenvalue weighted by molar-refractivity contribution is 1.07. The molecule has 0 atom stereocenters. The maximum absolute atomic E-state index is 5.24. The zero-order valence-electron chi connectivity index (χ0n) is 31.6. The molecule has 4 nitrogen and oxygen atoms in total. The van der Waals surface area contributed by atoms with E-state index >= 15 is 0 Å². The first-order valence-corrected chi connectivity index (χ1v) is 19.5. The third kappa shape index (κ3) is 7.07. The fourth-order valence-corrected chi connectivity index (χ4v) is 7.59. The van der Waals surface area contributed by atoms with Crippen LogP contribution in [-0.4, -0.2) is 19.9 Å². The molecule has 0 saturated carbocycles. The highest BCUT2D eigenvalue weighted by molar-refractivity contribution is 5.94. The van der Waals surface area contributed by atoms with Crippen LogP contribution in [0.25, 0.3) is 101 Å². The Morgan fingerprint density at radius 1 is 0.241 bits per heavy atom. The standard InChI is InChI=1S/C54H36N4/c1-4-14-37(15-5-1)43-21-12-23-45(32-43)52-56-53(46-24-13-22-44(33-46)38-16-6-2-7-17-38)58-54(57-52)49-35-47(39-18-8-3-9-19-39)34-48(36-49)40-26-28-42(29-27-40)51-50-25-11-10-20-41(50)30-31-55-51/h1-36H. The van der Waals surface area contributed by atoms with Gasteiger partial charge in [0.25, 0.3) is 0 Å². The fourth-order valence-electron chi connectivity index (χ4n) is 7.59. The Balaban J connectivity index is 1.13. The Morgan fingerprint density at radius 3 is 1.17 bits per heavy atom. The zero-order chi connectivity index (χ0) is 38.7. The van der Waals surface area contributed by atoms with E-state index in [0.29, 0.717) is 17.5 Å². The third-order valence-electron chi connectivity index (χ3n) is 10.6. The highest BCUT2D eigenvalue weighted by atomic mass is 15.0. The quantitative estimate of drug-likeness (QED) is 0.156. The number of fused-ring (bicyclic) bond motifs is 1. The molecule has 0 spiro atoms. The second kappa shape index (κ2) is 15.4. The van der Waals surface area contributed by atoms with Crippen LogP contribution in [0.1, 0.15) is 0 Å². The largest absolute Gasteiger partial charge is 0.256 e. The predicted octanol–water partition coefficient (Wildman–Crippen LogP) is 13.8. The smallest absolute Gasteiger partial charge is 0.164 e. The molecule has 0 radical (unpaired) electrons. The molecule has 0 saturated heterocycles. The first kappa shape index (κ1) is 34.7. The summed E-state index contributed by atoms with van der Waals surface area (Å²) in [5.74, 6) is 1.83. The molecule has 4 heteroatoms. The minimum Gasteiger partial charge on any atom is -0.256 e. The van der Waals surface area contributed by atoms with Gasteiger partial charge < -0.3 is 0 Å². The number of nitrogens with zero attached hydrogens (tertiary/aromatic N) is 4. The van der Waals surface area contributed by atoms with Crippen molar-refractivity contribution in [3.63, 3.8) is 0 Å². The summed E-state index contributed by atoms with van der Waals surface area (Å²) in [6.45, 7) is 0. The molecular formula is C54H36N4. The number of rotatable bonds is 8. The van der Waals surface area contributed by atoms with E-state index in [9.17, 15) is 0 Å². The van der Waals surface area contributed by atoms with Gasteiger partial charge in [0.15, 0.2) is 17.5 Å². The molecule has 10 rings (SSSR count). The minimum atomic E-state index is 0.603. The molecule has 0 aliphatic carbocycles. The molecule has 0 aliphatic heterocycles. The monoisotopic (exact) mass is 740 g/mol. The van der Waals surface area contributed by atoms with Gasteiger partial charge in [-0.05, 0) is 86.3 Å². The van der Waals surface area contributed by atoms with E-state index in [2.05, 4.69) is 194 Å². The van der Waals surface area contributed by atoms with Gasteiger partial charge >= 0.3 is 0 Å². The Bertz CT molecular complexity index is 2930. The Labute approximate surface area is 337 Å². The van der Waals surface area contributed by atoms with Gasteiger partial charge in [0.2, 0.25) is 0 Å². The summed E-state index contributed by atoms with van der Waals surface area (Å²) in [6, 6.07) is 74.0. The van der Waals surface area contributed by atoms with Gasteiger partial charge in [-0.2, -0.15) is 0 Å². The Morgan fingerprint density at radius 2 is 0.621 bits per heavy atom. The van der Waals surface area contributed by atoms with E-state index in [1.165, 1.54) is 5.39 Å². The number of aromatic nitrogens is 4. The van der Waals surface area contributed by atoms with Crippen molar-refractivity contribution in [3.8, 4) is 89.9 Å². The molecule has 0 aliphatic rings. The van der Waals surface area contributed by atoms with Crippen LogP contribution in [0, 0.1) is 0 Å². The lowest BCUT2D eigenvalue weighted by Crippen LogP contribution is -2.01. The van der Waals surface area contributed by atoms with Gasteiger partial charge in [-0.15, -0.1) is 0 Å². The molecule has 2 aromatic heterocycles. The molecule has 10 aromatic rings. The molecule has 2 heterocycles. The second-order valence-corrected chi connectivity index (χ2v) is 14.3. The van der Waals surface area contributed by atoms with Crippen LogP contribution in [0.3, 0.4) is 0 Å². The molecule has 58 heavy (non-hydrogen) atoms. The summed E-state index contributed by atoms with van der Waals surface area (Å²) in [6.07, 6.45) is 1.88. The maximum atomic E-state index is 5.24. The topological polar surface area (TPSA) is 51.6 Å². The van der Waals surface area contributed by atoms with Crippen LogP contribution in [-0.2, 0) is 0 Å². The van der Waals surface area contributed by atoms with Gasteiger partial charge in [0.1, 0.15) is 0 Å². The number of hydrogen-bond acceptors (Lipinski definition) is 4. The predicted molar refractivity (Wildman–Crippen MR) is 239 cm³/mol. The van der Waals surface area contributed by atoms with E-state index < -0.39 is 0 Å². The fraction of sp³-hybridized carbons (Fsp3) is 0. The number of benzene rings is 8. The van der Waals surface area contributed by atoms with E-state index in [1.54, 1.807) is 0 Å². The van der Waals surface area contributed by atoms with Crippen molar-refractivity contribution in [1.82, 2.24) is 19.9 Å². The van der Waals surface area contributed by atoms with Gasteiger partial charge in [-0.3, -0.25) is 4.98 Å². The number of hydrogen-bond donors (Lipinski definition) is 0. The van der Waals surface area contributed by atoms with Crippen molar-refractivity contribution in [2.75, 3.05) is 0 Å². The minimum absolute atomic E-state index is 0.603. The van der Waals surface area contributed by atoms with Crippen LogP contribution in [0.5, 0.6) is 0 Å². The van der Waals surface area contributed by atoms with Crippen LogP contribution in [0.4, 0.5) is 0 Å². The first-order valence-electron chi connectivity index (χ1n) is 19.5. The summed E-state index contributed by atoms with van der Waals surface area (Å²) in [4.78, 5) is 20.4. The summed E-state index contributed by atoms with van der Waals surface area (Å²) < 4.78 is 0. The Hall–Kier alpha value is -7.82. The van der Waals surface area contributed by atoms with E-state index in [-0.39, 0.29) is 0 Å². The van der Waals surface area contributed by atoms with Crippen LogP contribution < -0.4 is 0 Å². The number of pyridine rings is 1. The van der Waals surface area contributed by atoms with E-state index in [0.717, 1.165) is 77.8 Å².